The highest BCUT2D eigenvalue weighted by molar-refractivity contribution is 5.76. The quantitative estimate of drug-likeness (QED) is 0.0321. The van der Waals surface area contributed by atoms with Gasteiger partial charge in [0, 0.05) is 12.8 Å². The Hall–Kier alpha value is -1.66. The number of hydrogen-bond donors (Lipinski definition) is 3. The molecule has 0 radical (unpaired) electrons. The SMILES string of the molecule is CCCCCCC/C=C\CCCCCCCC(=O)OCCCCCCCCCCCCCCCCCCCCCCCCC(=O)NC(CO)C(O)/C=C/CCCCCCCCCCCCCCCCC. The van der Waals surface area contributed by atoms with Crippen LogP contribution in [-0.2, 0) is 14.3 Å². The second-order valence-electron chi connectivity index (χ2n) is 21.7. The molecule has 0 aromatic rings. The van der Waals surface area contributed by atoms with Gasteiger partial charge in [-0.25, -0.2) is 0 Å². The van der Waals surface area contributed by atoms with Gasteiger partial charge in [-0.1, -0.05) is 301 Å². The summed E-state index contributed by atoms with van der Waals surface area (Å²) < 4.78 is 5.48. The van der Waals surface area contributed by atoms with E-state index in [0.717, 1.165) is 44.9 Å². The van der Waals surface area contributed by atoms with Crippen molar-refractivity contribution in [2.24, 2.45) is 0 Å². The molecule has 0 aliphatic rings. The van der Waals surface area contributed by atoms with Gasteiger partial charge >= 0.3 is 5.97 Å². The van der Waals surface area contributed by atoms with E-state index >= 15 is 0 Å². The highest BCUT2D eigenvalue weighted by atomic mass is 16.5. The van der Waals surface area contributed by atoms with Crippen molar-refractivity contribution in [1.29, 1.82) is 0 Å². The summed E-state index contributed by atoms with van der Waals surface area (Å²) in [4.78, 5) is 24.5. The van der Waals surface area contributed by atoms with Crippen molar-refractivity contribution < 1.29 is 24.5 Å². The summed E-state index contributed by atoms with van der Waals surface area (Å²) in [5.41, 5.74) is 0. The van der Waals surface area contributed by atoms with E-state index in [1.807, 2.05) is 6.08 Å². The zero-order chi connectivity index (χ0) is 50.7. The van der Waals surface area contributed by atoms with Gasteiger partial charge in [-0.05, 0) is 57.8 Å². The average molecular weight is 987 g/mol. The molecule has 414 valence electrons. The van der Waals surface area contributed by atoms with Crippen LogP contribution in [-0.4, -0.2) is 47.4 Å². The van der Waals surface area contributed by atoms with Crippen molar-refractivity contribution in [3.63, 3.8) is 0 Å². The van der Waals surface area contributed by atoms with Crippen LogP contribution in [0.25, 0.3) is 0 Å². The second kappa shape index (κ2) is 59.9. The predicted octanol–water partition coefficient (Wildman–Crippen LogP) is 19.8. The molecule has 0 aliphatic heterocycles. The standard InChI is InChI=1S/C64H123NO5/c1-3-5-7-9-11-13-15-17-19-26-29-32-36-40-44-48-52-56-62(67)61(60-66)65-63(68)57-53-49-45-41-37-33-30-27-24-22-20-21-23-25-28-31-35-39-43-47-51-55-59-70-64(69)58-54-50-46-42-38-34-18-16-14-12-10-8-6-4-2/h16,18,52,56,61-62,66-67H,3-15,17,19-51,53-55,57-60H2,1-2H3,(H,65,68)/b18-16-,56-52+. The third kappa shape index (κ3) is 55.7. The predicted molar refractivity (Wildman–Crippen MR) is 306 cm³/mol. The summed E-state index contributed by atoms with van der Waals surface area (Å²) in [5.74, 6) is -0.0613. The number of unbranched alkanes of at least 4 members (excludes halogenated alkanes) is 46. The average Bonchev–Trinajstić information content (AvgIpc) is 3.36. The Labute approximate surface area is 437 Å². The van der Waals surface area contributed by atoms with Crippen molar-refractivity contribution >= 4 is 11.9 Å². The Balaban J connectivity index is 3.40. The Morgan fingerprint density at radius 2 is 0.671 bits per heavy atom. The normalized spacial score (nSPS) is 12.7. The molecule has 0 spiro atoms. The van der Waals surface area contributed by atoms with Crippen LogP contribution in [0.5, 0.6) is 0 Å². The molecule has 0 aromatic carbocycles. The fraction of sp³-hybridized carbons (Fsp3) is 0.906. The molecule has 0 heterocycles. The highest BCUT2D eigenvalue weighted by Crippen LogP contribution is 2.18. The molecule has 3 N–H and O–H groups in total. The summed E-state index contributed by atoms with van der Waals surface area (Å²) in [6.45, 7) is 4.91. The lowest BCUT2D eigenvalue weighted by atomic mass is 10.0. The number of carbonyl (C=O) groups is 2. The molecule has 6 heteroatoms. The smallest absolute Gasteiger partial charge is 0.305 e. The van der Waals surface area contributed by atoms with Gasteiger partial charge in [-0.15, -0.1) is 0 Å². The number of nitrogens with one attached hydrogen (secondary N) is 1. The summed E-state index contributed by atoms with van der Waals surface area (Å²) >= 11 is 0. The van der Waals surface area contributed by atoms with Gasteiger partial charge in [0.25, 0.3) is 0 Å². The molecular formula is C64H123NO5. The molecule has 1 amide bonds. The van der Waals surface area contributed by atoms with Gasteiger partial charge in [0.05, 0.1) is 25.4 Å². The van der Waals surface area contributed by atoms with Crippen LogP contribution in [0.1, 0.15) is 348 Å². The lowest BCUT2D eigenvalue weighted by Gasteiger charge is -2.20. The largest absolute Gasteiger partial charge is 0.466 e. The van der Waals surface area contributed by atoms with Crippen molar-refractivity contribution in [3.05, 3.63) is 24.3 Å². The van der Waals surface area contributed by atoms with Crippen molar-refractivity contribution in [1.82, 2.24) is 5.32 Å². The van der Waals surface area contributed by atoms with Gasteiger partial charge in [0.1, 0.15) is 0 Å². The lowest BCUT2D eigenvalue weighted by Crippen LogP contribution is -2.45. The van der Waals surface area contributed by atoms with Crippen LogP contribution < -0.4 is 5.32 Å². The van der Waals surface area contributed by atoms with Crippen molar-refractivity contribution in [3.8, 4) is 0 Å². The number of carbonyl (C=O) groups excluding carboxylic acids is 2. The van der Waals surface area contributed by atoms with E-state index in [2.05, 4.69) is 31.3 Å². The molecule has 0 fully saturated rings. The van der Waals surface area contributed by atoms with Gasteiger partial charge in [-0.3, -0.25) is 9.59 Å². The third-order valence-corrected chi connectivity index (χ3v) is 14.7. The van der Waals surface area contributed by atoms with E-state index < -0.39 is 12.1 Å². The molecule has 2 atom stereocenters. The summed E-state index contributed by atoms with van der Waals surface area (Å²) in [6, 6.07) is -0.628. The van der Waals surface area contributed by atoms with E-state index in [9.17, 15) is 19.8 Å². The summed E-state index contributed by atoms with van der Waals surface area (Å²) in [5, 5.41) is 23.2. The fourth-order valence-corrected chi connectivity index (χ4v) is 9.87. The topological polar surface area (TPSA) is 95.9 Å². The van der Waals surface area contributed by atoms with Crippen LogP contribution in [0.4, 0.5) is 0 Å². The number of allylic oxidation sites excluding steroid dienone is 3. The molecule has 0 rings (SSSR count). The molecule has 0 aliphatic carbocycles. The van der Waals surface area contributed by atoms with Crippen LogP contribution >= 0.6 is 0 Å². The molecule has 70 heavy (non-hydrogen) atoms. The number of esters is 1. The van der Waals surface area contributed by atoms with Crippen molar-refractivity contribution in [2.45, 2.75) is 360 Å². The van der Waals surface area contributed by atoms with Gasteiger partial charge in [-0.2, -0.15) is 0 Å². The van der Waals surface area contributed by atoms with E-state index in [0.29, 0.717) is 19.4 Å². The Kier molecular flexibility index (Phi) is 58.5. The summed E-state index contributed by atoms with van der Waals surface area (Å²) in [6.07, 6.45) is 73.6. The first-order valence-electron chi connectivity index (χ1n) is 31.6. The lowest BCUT2D eigenvalue weighted by molar-refractivity contribution is -0.143. The number of aliphatic hydroxyl groups is 2. The van der Waals surface area contributed by atoms with Crippen LogP contribution in [0.3, 0.4) is 0 Å². The Bertz CT molecular complexity index is 1090. The molecule has 6 nitrogen and oxygen atoms in total. The van der Waals surface area contributed by atoms with Gasteiger partial charge in [0.15, 0.2) is 0 Å². The molecule has 0 bridgehead atoms. The molecule has 0 saturated carbocycles. The van der Waals surface area contributed by atoms with Crippen molar-refractivity contribution in [2.75, 3.05) is 13.2 Å². The highest BCUT2D eigenvalue weighted by Gasteiger charge is 2.18. The summed E-state index contributed by atoms with van der Waals surface area (Å²) in [7, 11) is 0. The Morgan fingerprint density at radius 3 is 1.01 bits per heavy atom. The second-order valence-corrected chi connectivity index (χ2v) is 21.7. The number of hydrogen-bond acceptors (Lipinski definition) is 5. The molecule has 0 aromatic heterocycles. The first-order chi connectivity index (χ1) is 34.5. The monoisotopic (exact) mass is 986 g/mol. The number of rotatable bonds is 59. The van der Waals surface area contributed by atoms with Crippen LogP contribution in [0.15, 0.2) is 24.3 Å². The molecule has 0 saturated heterocycles. The van der Waals surface area contributed by atoms with Gasteiger partial charge < -0.3 is 20.3 Å². The minimum atomic E-state index is -0.844. The zero-order valence-electron chi connectivity index (χ0n) is 47.3. The maximum absolute atomic E-state index is 12.5. The van der Waals surface area contributed by atoms with Crippen LogP contribution in [0.2, 0.25) is 0 Å². The Morgan fingerprint density at radius 1 is 0.386 bits per heavy atom. The minimum Gasteiger partial charge on any atom is -0.466 e. The van der Waals surface area contributed by atoms with Crippen LogP contribution in [0, 0.1) is 0 Å². The maximum Gasteiger partial charge on any atom is 0.305 e. The first-order valence-corrected chi connectivity index (χ1v) is 31.6. The number of aliphatic hydroxyl groups excluding tert-OH is 2. The molecular weight excluding hydrogens is 863 g/mol. The van der Waals surface area contributed by atoms with E-state index in [4.69, 9.17) is 4.74 Å². The number of ether oxygens (including phenoxy) is 1. The maximum atomic E-state index is 12.5. The zero-order valence-corrected chi connectivity index (χ0v) is 47.3. The third-order valence-electron chi connectivity index (χ3n) is 14.7. The van der Waals surface area contributed by atoms with Gasteiger partial charge in [0.2, 0.25) is 5.91 Å². The fourth-order valence-electron chi connectivity index (χ4n) is 9.87. The van der Waals surface area contributed by atoms with E-state index in [1.165, 1.54) is 276 Å². The minimum absolute atomic E-state index is 0.00455. The van der Waals surface area contributed by atoms with E-state index in [1.54, 1.807) is 6.08 Å². The molecule has 2 unspecified atom stereocenters. The van der Waals surface area contributed by atoms with E-state index in [-0.39, 0.29) is 18.5 Å². The number of amides is 1. The first kappa shape index (κ1) is 68.3.